The number of rotatable bonds is 9. The van der Waals surface area contributed by atoms with Crippen LogP contribution in [0.2, 0.25) is 0 Å². The molecule has 37 heavy (non-hydrogen) atoms. The van der Waals surface area contributed by atoms with E-state index in [1.807, 2.05) is 0 Å². The summed E-state index contributed by atoms with van der Waals surface area (Å²) in [6, 6.07) is 0. The number of alkyl halides is 2. The lowest BCUT2D eigenvalue weighted by molar-refractivity contribution is -0.159. The number of carbonyl (C=O) groups is 1. The zero-order valence-electron chi connectivity index (χ0n) is 25.0. The second kappa shape index (κ2) is 11.7. The van der Waals surface area contributed by atoms with Crippen LogP contribution in [0.4, 0.5) is 0 Å². The molecule has 0 N–H and O–H groups in total. The number of hydrogen-bond donors (Lipinski definition) is 0. The van der Waals surface area contributed by atoms with E-state index in [1.54, 1.807) is 0 Å². The van der Waals surface area contributed by atoms with Gasteiger partial charge in [-0.2, -0.15) is 0 Å². The summed E-state index contributed by atoms with van der Waals surface area (Å²) in [5, 5.41) is 0. The monoisotopic (exact) mass is 642 g/mol. The topological polar surface area (TPSA) is 26.3 Å². The van der Waals surface area contributed by atoms with E-state index in [4.69, 9.17) is 4.74 Å². The van der Waals surface area contributed by atoms with Gasteiger partial charge in [0, 0.05) is 22.0 Å². The van der Waals surface area contributed by atoms with Crippen molar-refractivity contribution in [2.75, 3.05) is 0 Å². The van der Waals surface area contributed by atoms with Crippen molar-refractivity contribution < 1.29 is 9.53 Å². The molecule has 0 radical (unpaired) electrons. The molecule has 0 aliphatic heterocycles. The Balaban J connectivity index is 1.46. The number of fused-ring (bicyclic) bond motifs is 5. The van der Waals surface area contributed by atoms with Crippen molar-refractivity contribution in [1.82, 2.24) is 0 Å². The van der Waals surface area contributed by atoms with E-state index in [2.05, 4.69) is 80.3 Å². The molecule has 4 aliphatic rings. The molecule has 0 heterocycles. The third-order valence-corrected chi connectivity index (χ3v) is 16.0. The maximum Gasteiger partial charge on any atom is 0.306 e. The highest BCUT2D eigenvalue weighted by molar-refractivity contribution is 9.12. The zero-order chi connectivity index (χ0) is 27.2. The van der Waals surface area contributed by atoms with E-state index >= 15 is 0 Å². The maximum atomic E-state index is 12.6. The fourth-order valence-corrected chi connectivity index (χ4v) is 12.1. The van der Waals surface area contributed by atoms with E-state index < -0.39 is 0 Å². The maximum absolute atomic E-state index is 12.6. The van der Waals surface area contributed by atoms with Crippen LogP contribution in [-0.4, -0.2) is 21.2 Å². The molecule has 0 unspecified atom stereocenters. The second-order valence-corrected chi connectivity index (χ2v) is 17.5. The molecule has 0 aromatic carbocycles. The summed E-state index contributed by atoms with van der Waals surface area (Å²) in [6.45, 7) is 16.9. The molecular formula is C33H56Br2O2. The van der Waals surface area contributed by atoms with E-state index in [9.17, 15) is 4.79 Å². The minimum atomic E-state index is 0.00630. The molecule has 4 heteroatoms. The predicted molar refractivity (Wildman–Crippen MR) is 163 cm³/mol. The van der Waals surface area contributed by atoms with Gasteiger partial charge in [0.1, 0.15) is 6.10 Å². The lowest BCUT2D eigenvalue weighted by Gasteiger charge is -2.66. The van der Waals surface area contributed by atoms with Crippen LogP contribution in [-0.2, 0) is 9.53 Å². The first-order valence-electron chi connectivity index (χ1n) is 15.9. The van der Waals surface area contributed by atoms with Gasteiger partial charge in [0.15, 0.2) is 0 Å². The van der Waals surface area contributed by atoms with Gasteiger partial charge < -0.3 is 4.74 Å². The third-order valence-electron chi connectivity index (χ3n) is 12.4. The Bertz CT molecular complexity index is 799. The Labute approximate surface area is 245 Å². The highest BCUT2D eigenvalue weighted by Crippen LogP contribution is 2.71. The van der Waals surface area contributed by atoms with Crippen molar-refractivity contribution in [3.8, 4) is 0 Å². The average molecular weight is 645 g/mol. The first kappa shape index (κ1) is 30.4. The molecular weight excluding hydrogens is 588 g/mol. The Kier molecular flexibility index (Phi) is 9.64. The fourth-order valence-electron chi connectivity index (χ4n) is 9.94. The molecule has 0 spiro atoms. The van der Waals surface area contributed by atoms with Crippen LogP contribution in [0, 0.1) is 52.3 Å². The summed E-state index contributed by atoms with van der Waals surface area (Å²) in [7, 11) is 0. The fraction of sp³-hybridized carbons (Fsp3) is 0.970. The van der Waals surface area contributed by atoms with Gasteiger partial charge in [-0.25, -0.2) is 0 Å². The number of hydrogen-bond acceptors (Lipinski definition) is 2. The van der Waals surface area contributed by atoms with E-state index in [1.165, 1.54) is 57.8 Å². The van der Waals surface area contributed by atoms with Crippen LogP contribution in [0.5, 0.6) is 0 Å². The molecule has 0 aromatic heterocycles. The summed E-state index contributed by atoms with van der Waals surface area (Å²) < 4.78 is 6.10. The average Bonchev–Trinajstić information content (AvgIpc) is 3.18. The summed E-state index contributed by atoms with van der Waals surface area (Å²) in [4.78, 5) is 13.1. The van der Waals surface area contributed by atoms with Crippen molar-refractivity contribution in [3.05, 3.63) is 0 Å². The van der Waals surface area contributed by atoms with Crippen LogP contribution in [0.1, 0.15) is 132 Å². The second-order valence-electron chi connectivity index (χ2n) is 15.0. The zero-order valence-corrected chi connectivity index (χ0v) is 28.1. The largest absolute Gasteiger partial charge is 0.462 e. The minimum Gasteiger partial charge on any atom is -0.462 e. The third kappa shape index (κ3) is 5.65. The molecule has 4 saturated carbocycles. The van der Waals surface area contributed by atoms with Crippen LogP contribution < -0.4 is 0 Å². The molecule has 4 fully saturated rings. The molecule has 0 amide bonds. The van der Waals surface area contributed by atoms with Crippen molar-refractivity contribution in [2.45, 2.75) is 147 Å². The van der Waals surface area contributed by atoms with Gasteiger partial charge in [0.05, 0.1) is 0 Å². The molecule has 0 bridgehead atoms. The minimum absolute atomic E-state index is 0.00630. The SMILES string of the molecule is CC[C@@H](C)CC(=O)O[C@H]1CC[C@]2(C)[C@H]3CC[C@]4(C)[C@@H]([C@@H](C)CCCC(C)C)CC[C@H]4[C@@H]3C[C@H](Br)[C@]2(Br)C1. The lowest BCUT2D eigenvalue weighted by atomic mass is 9.44. The molecule has 2 nitrogen and oxygen atoms in total. The summed E-state index contributed by atoms with van der Waals surface area (Å²) in [5.41, 5.74) is 0.780. The van der Waals surface area contributed by atoms with Gasteiger partial charge in [-0.1, -0.05) is 106 Å². The number of carbonyl (C=O) groups excluding carboxylic acids is 1. The van der Waals surface area contributed by atoms with Crippen molar-refractivity contribution >= 4 is 37.8 Å². The Morgan fingerprint density at radius 1 is 1.00 bits per heavy atom. The standard InChI is InChI=1S/C33H56Br2O2/c1-8-22(4)18-30(36)37-24-14-17-32(7)28-15-16-31(6)26(23(5)11-9-10-21(2)3)12-13-27(31)25(28)19-29(34)33(32,35)20-24/h21-29H,8-20H2,1-7H3/t22-,23+,24+,25+,26-,27+,28+,29+,31-,32-,33-/m1/s1. The first-order chi connectivity index (χ1) is 17.4. The highest BCUT2D eigenvalue weighted by atomic mass is 79.9. The number of halogens is 2. The van der Waals surface area contributed by atoms with Crippen molar-refractivity contribution in [2.24, 2.45) is 52.3 Å². The highest BCUT2D eigenvalue weighted by Gasteiger charge is 2.67. The van der Waals surface area contributed by atoms with Crippen molar-refractivity contribution in [1.29, 1.82) is 0 Å². The molecule has 11 atom stereocenters. The Morgan fingerprint density at radius 3 is 2.41 bits per heavy atom. The van der Waals surface area contributed by atoms with E-state index in [-0.39, 0.29) is 21.8 Å². The molecule has 214 valence electrons. The van der Waals surface area contributed by atoms with E-state index in [0.29, 0.717) is 22.6 Å². The molecule has 4 rings (SSSR count). The van der Waals surface area contributed by atoms with Gasteiger partial charge in [0.2, 0.25) is 0 Å². The van der Waals surface area contributed by atoms with Gasteiger partial charge in [0.25, 0.3) is 0 Å². The van der Waals surface area contributed by atoms with Gasteiger partial charge >= 0.3 is 5.97 Å². The molecule has 0 aromatic rings. The normalized spacial score (nSPS) is 45.0. The van der Waals surface area contributed by atoms with Gasteiger partial charge in [-0.15, -0.1) is 0 Å². The Hall–Kier alpha value is 0.430. The number of esters is 1. The first-order valence-corrected chi connectivity index (χ1v) is 17.6. The summed E-state index contributed by atoms with van der Waals surface area (Å²) in [6.07, 6.45) is 15.9. The summed E-state index contributed by atoms with van der Waals surface area (Å²) in [5.74, 6) is 5.50. The lowest BCUT2D eigenvalue weighted by Crippen LogP contribution is -2.64. The smallest absolute Gasteiger partial charge is 0.306 e. The van der Waals surface area contributed by atoms with Crippen LogP contribution in [0.25, 0.3) is 0 Å². The predicted octanol–water partition coefficient (Wildman–Crippen LogP) is 10.3. The van der Waals surface area contributed by atoms with Crippen LogP contribution in [0.15, 0.2) is 0 Å². The van der Waals surface area contributed by atoms with Gasteiger partial charge in [-0.3, -0.25) is 4.79 Å². The van der Waals surface area contributed by atoms with Crippen LogP contribution >= 0.6 is 31.9 Å². The van der Waals surface area contributed by atoms with Crippen LogP contribution in [0.3, 0.4) is 0 Å². The van der Waals surface area contributed by atoms with Crippen molar-refractivity contribution in [3.63, 3.8) is 0 Å². The molecule has 0 saturated heterocycles. The molecule has 4 aliphatic carbocycles. The van der Waals surface area contributed by atoms with E-state index in [0.717, 1.165) is 54.8 Å². The number of ether oxygens (including phenoxy) is 1. The summed E-state index contributed by atoms with van der Waals surface area (Å²) >= 11 is 8.62. The van der Waals surface area contributed by atoms with Gasteiger partial charge in [-0.05, 0) is 97.2 Å². The Morgan fingerprint density at radius 2 is 1.73 bits per heavy atom. The quantitative estimate of drug-likeness (QED) is 0.184.